The van der Waals surface area contributed by atoms with E-state index in [1.807, 2.05) is 12.1 Å². The van der Waals surface area contributed by atoms with E-state index in [9.17, 15) is 14.7 Å². The predicted molar refractivity (Wildman–Crippen MR) is 72.0 cm³/mol. The van der Waals surface area contributed by atoms with E-state index in [0.29, 0.717) is 5.75 Å². The van der Waals surface area contributed by atoms with Crippen LogP contribution in [0.4, 0.5) is 0 Å². The van der Waals surface area contributed by atoms with Crippen molar-refractivity contribution in [1.82, 2.24) is 10.2 Å². The molecule has 1 aliphatic rings. The van der Waals surface area contributed by atoms with E-state index in [1.165, 1.54) is 11.8 Å². The van der Waals surface area contributed by atoms with E-state index >= 15 is 0 Å². The van der Waals surface area contributed by atoms with Gasteiger partial charge in [-0.3, -0.25) is 9.59 Å². The van der Waals surface area contributed by atoms with Crippen LogP contribution in [0.1, 0.15) is 12.5 Å². The molecule has 0 aromatic heterocycles. The first-order valence-electron chi connectivity index (χ1n) is 6.41. The summed E-state index contributed by atoms with van der Waals surface area (Å²) < 4.78 is 5.13. The molecule has 0 radical (unpaired) electrons. The number of nitrogens with zero attached hydrogens (tertiary/aromatic N) is 1. The summed E-state index contributed by atoms with van der Waals surface area (Å²) in [5.41, 5.74) is 0.845. The number of hydrogen-bond donors (Lipinski definition) is 2. The first-order valence-corrected chi connectivity index (χ1v) is 6.41. The maximum Gasteiger partial charge on any atom is 0.245 e. The van der Waals surface area contributed by atoms with E-state index in [-0.39, 0.29) is 24.9 Å². The number of amides is 2. The summed E-state index contributed by atoms with van der Waals surface area (Å²) in [6, 6.07) is 6.42. The van der Waals surface area contributed by atoms with Gasteiger partial charge in [0.25, 0.3) is 0 Å². The van der Waals surface area contributed by atoms with Crippen molar-refractivity contribution in [3.8, 4) is 5.75 Å². The number of carbonyl (C=O) groups is 2. The molecule has 2 amide bonds. The van der Waals surface area contributed by atoms with Crippen LogP contribution in [-0.4, -0.2) is 47.6 Å². The van der Waals surface area contributed by atoms with Gasteiger partial charge < -0.3 is 20.1 Å². The Morgan fingerprint density at radius 1 is 1.50 bits per heavy atom. The lowest BCUT2D eigenvalue weighted by atomic mass is 10.1. The van der Waals surface area contributed by atoms with E-state index in [4.69, 9.17) is 4.74 Å². The molecule has 1 aromatic rings. The Morgan fingerprint density at radius 3 is 2.90 bits per heavy atom. The molecular weight excluding hydrogens is 260 g/mol. The molecule has 2 rings (SSSR count). The number of methoxy groups -OCH3 is 1. The van der Waals surface area contributed by atoms with Gasteiger partial charge in [0, 0.05) is 6.54 Å². The van der Waals surface area contributed by atoms with E-state index in [0.717, 1.165) is 5.56 Å². The highest BCUT2D eigenvalue weighted by Gasteiger charge is 2.37. The van der Waals surface area contributed by atoms with Crippen LogP contribution in [0.25, 0.3) is 0 Å². The maximum absolute atomic E-state index is 12.0. The minimum atomic E-state index is -0.926. The molecule has 2 N–H and O–H groups in total. The largest absolute Gasteiger partial charge is 0.497 e. The van der Waals surface area contributed by atoms with Gasteiger partial charge in [0.1, 0.15) is 11.8 Å². The summed E-state index contributed by atoms with van der Waals surface area (Å²) in [4.78, 5) is 25.2. The zero-order valence-electron chi connectivity index (χ0n) is 11.5. The smallest absolute Gasteiger partial charge is 0.245 e. The lowest BCUT2D eigenvalue weighted by Crippen LogP contribution is -2.61. The fraction of sp³-hybridized carbons (Fsp3) is 0.429. The van der Waals surface area contributed by atoms with E-state index in [1.54, 1.807) is 19.2 Å². The number of nitrogens with one attached hydrogen (secondary N) is 1. The second-order valence-electron chi connectivity index (χ2n) is 4.78. The van der Waals surface area contributed by atoms with Gasteiger partial charge in [-0.05, 0) is 24.6 Å². The molecule has 0 bridgehead atoms. The highest BCUT2D eigenvalue weighted by Crippen LogP contribution is 2.18. The van der Waals surface area contributed by atoms with Crippen LogP contribution in [0, 0.1) is 0 Å². The zero-order valence-corrected chi connectivity index (χ0v) is 11.5. The van der Waals surface area contributed by atoms with Gasteiger partial charge in [-0.1, -0.05) is 12.1 Å². The topological polar surface area (TPSA) is 78.9 Å². The van der Waals surface area contributed by atoms with Crippen molar-refractivity contribution in [2.24, 2.45) is 0 Å². The van der Waals surface area contributed by atoms with Crippen LogP contribution in [0.15, 0.2) is 24.3 Å². The van der Waals surface area contributed by atoms with Crippen LogP contribution in [0.2, 0.25) is 0 Å². The number of rotatable bonds is 4. The molecule has 108 valence electrons. The molecule has 0 aliphatic carbocycles. The molecule has 1 saturated heterocycles. The fourth-order valence-electron chi connectivity index (χ4n) is 2.30. The summed E-state index contributed by atoms with van der Waals surface area (Å²) in [6.07, 6.45) is -0.926. The number of hydrogen-bond acceptors (Lipinski definition) is 4. The van der Waals surface area contributed by atoms with Gasteiger partial charge in [-0.15, -0.1) is 0 Å². The van der Waals surface area contributed by atoms with Gasteiger partial charge in [-0.2, -0.15) is 0 Å². The van der Waals surface area contributed by atoms with Crippen molar-refractivity contribution in [1.29, 1.82) is 0 Å². The van der Waals surface area contributed by atoms with Crippen LogP contribution >= 0.6 is 0 Å². The maximum atomic E-state index is 12.0. The van der Waals surface area contributed by atoms with Crippen molar-refractivity contribution in [2.45, 2.75) is 25.6 Å². The number of aliphatic hydroxyl groups excluding tert-OH is 1. The van der Waals surface area contributed by atoms with Crippen LogP contribution in [0.3, 0.4) is 0 Å². The number of ether oxygens (including phenoxy) is 1. The molecule has 20 heavy (non-hydrogen) atoms. The third-order valence-corrected chi connectivity index (χ3v) is 3.28. The average molecular weight is 278 g/mol. The van der Waals surface area contributed by atoms with Crippen LogP contribution in [-0.2, 0) is 16.1 Å². The second kappa shape index (κ2) is 5.92. The molecule has 1 fully saturated rings. The summed E-state index contributed by atoms with van der Waals surface area (Å²) in [5.74, 6) is 0.144. The Bertz CT molecular complexity index is 516. The Kier molecular flexibility index (Phi) is 4.24. The summed E-state index contributed by atoms with van der Waals surface area (Å²) in [6.45, 7) is 1.73. The van der Waals surface area contributed by atoms with Gasteiger partial charge in [0.05, 0.1) is 19.8 Å². The molecule has 6 heteroatoms. The molecule has 1 aliphatic heterocycles. The number of aliphatic hydroxyl groups is 1. The number of carbonyl (C=O) groups excluding carboxylic acids is 2. The van der Waals surface area contributed by atoms with Crippen molar-refractivity contribution >= 4 is 11.8 Å². The first-order chi connectivity index (χ1) is 9.52. The highest BCUT2D eigenvalue weighted by molar-refractivity contribution is 5.95. The minimum absolute atomic E-state index is 0.0357. The first kappa shape index (κ1) is 14.3. The molecule has 0 spiro atoms. The Labute approximate surface area is 117 Å². The van der Waals surface area contributed by atoms with Crippen molar-refractivity contribution < 1.29 is 19.4 Å². The number of piperazine rings is 1. The van der Waals surface area contributed by atoms with Crippen LogP contribution in [0.5, 0.6) is 5.75 Å². The third-order valence-electron chi connectivity index (χ3n) is 3.28. The third kappa shape index (κ3) is 2.91. The van der Waals surface area contributed by atoms with Gasteiger partial charge in [-0.25, -0.2) is 0 Å². The SMILES string of the molecule is COc1cccc(CN2C(=O)CNC(=O)[C@H]2[C@@H](C)O)c1. The molecular formula is C14H18N2O4. The lowest BCUT2D eigenvalue weighted by molar-refractivity contribution is -0.150. The highest BCUT2D eigenvalue weighted by atomic mass is 16.5. The van der Waals surface area contributed by atoms with Gasteiger partial charge in [0.15, 0.2) is 0 Å². The van der Waals surface area contributed by atoms with E-state index < -0.39 is 12.1 Å². The Morgan fingerprint density at radius 2 is 2.25 bits per heavy atom. The zero-order chi connectivity index (χ0) is 14.7. The predicted octanol–water partition coefficient (Wildman–Crippen LogP) is -0.0970. The summed E-state index contributed by atoms with van der Waals surface area (Å²) >= 11 is 0. The number of benzene rings is 1. The molecule has 0 saturated carbocycles. The fourth-order valence-corrected chi connectivity index (χ4v) is 2.30. The molecule has 1 aromatic carbocycles. The molecule has 1 heterocycles. The van der Waals surface area contributed by atoms with Gasteiger partial charge >= 0.3 is 0 Å². The standard InChI is InChI=1S/C14H18N2O4/c1-9(17)13-14(19)15-7-12(18)16(13)8-10-4-3-5-11(6-10)20-2/h3-6,9,13,17H,7-8H2,1-2H3,(H,15,19)/t9-,13-/m1/s1. The lowest BCUT2D eigenvalue weighted by Gasteiger charge is -2.36. The molecule has 2 atom stereocenters. The Balaban J connectivity index is 2.23. The molecule has 0 unspecified atom stereocenters. The van der Waals surface area contributed by atoms with Crippen molar-refractivity contribution in [2.75, 3.05) is 13.7 Å². The summed E-state index contributed by atoms with van der Waals surface area (Å²) in [7, 11) is 1.57. The quantitative estimate of drug-likeness (QED) is 0.806. The Hall–Kier alpha value is -2.08. The van der Waals surface area contributed by atoms with E-state index in [2.05, 4.69) is 5.32 Å². The molecule has 6 nitrogen and oxygen atoms in total. The monoisotopic (exact) mass is 278 g/mol. The van der Waals surface area contributed by atoms with Crippen LogP contribution < -0.4 is 10.1 Å². The summed E-state index contributed by atoms with van der Waals surface area (Å²) in [5, 5.41) is 12.2. The van der Waals surface area contributed by atoms with Gasteiger partial charge in [0.2, 0.25) is 11.8 Å². The van der Waals surface area contributed by atoms with Crippen molar-refractivity contribution in [3.63, 3.8) is 0 Å². The average Bonchev–Trinajstić information content (AvgIpc) is 2.43. The normalized spacial score (nSPS) is 20.6. The van der Waals surface area contributed by atoms with Crippen molar-refractivity contribution in [3.05, 3.63) is 29.8 Å². The second-order valence-corrected chi connectivity index (χ2v) is 4.78. The minimum Gasteiger partial charge on any atom is -0.497 e.